The molecule has 1 aromatic carbocycles. The van der Waals surface area contributed by atoms with Crippen LogP contribution in [0.3, 0.4) is 0 Å². The summed E-state index contributed by atoms with van der Waals surface area (Å²) in [7, 11) is -3.59. The van der Waals surface area contributed by atoms with Crippen molar-refractivity contribution in [2.75, 3.05) is 37.7 Å². The Hall–Kier alpha value is -2.82. The van der Waals surface area contributed by atoms with Crippen molar-refractivity contribution in [2.24, 2.45) is 5.92 Å². The molecule has 2 aromatic rings. The number of benzene rings is 1. The third kappa shape index (κ3) is 4.76. The van der Waals surface area contributed by atoms with Crippen molar-refractivity contribution < 1.29 is 22.7 Å². The van der Waals surface area contributed by atoms with E-state index in [-0.39, 0.29) is 29.7 Å². The molecule has 1 aromatic heterocycles. The Labute approximate surface area is 181 Å². The van der Waals surface area contributed by atoms with Gasteiger partial charge in [0.15, 0.2) is 0 Å². The summed E-state index contributed by atoms with van der Waals surface area (Å²) in [5, 5.41) is 2.86. The minimum atomic E-state index is -3.59. The van der Waals surface area contributed by atoms with Crippen molar-refractivity contribution >= 4 is 27.5 Å². The smallest absolute Gasteiger partial charge is 0.243 e. The van der Waals surface area contributed by atoms with E-state index in [2.05, 4.69) is 10.3 Å². The SMILES string of the molecule is O=C(NCc1ccncc1)[C@H]1CC(=O)N(c2ccc(S(=O)(=O)N3CCOCC3)cc2)C1. The van der Waals surface area contributed by atoms with Crippen molar-refractivity contribution in [2.45, 2.75) is 17.9 Å². The average Bonchev–Trinajstić information content (AvgIpc) is 3.20. The van der Waals surface area contributed by atoms with E-state index < -0.39 is 15.9 Å². The summed E-state index contributed by atoms with van der Waals surface area (Å²) in [5.74, 6) is -0.793. The maximum atomic E-state index is 12.7. The molecule has 0 spiro atoms. The minimum Gasteiger partial charge on any atom is -0.379 e. The van der Waals surface area contributed by atoms with Crippen LogP contribution in [0.5, 0.6) is 0 Å². The van der Waals surface area contributed by atoms with Crippen LogP contribution in [0.1, 0.15) is 12.0 Å². The Kier molecular flexibility index (Phi) is 6.30. The zero-order chi connectivity index (χ0) is 21.8. The number of aromatic nitrogens is 1. The summed E-state index contributed by atoms with van der Waals surface area (Å²) in [5.41, 5.74) is 1.51. The number of nitrogens with one attached hydrogen (secondary N) is 1. The van der Waals surface area contributed by atoms with Crippen molar-refractivity contribution in [1.29, 1.82) is 0 Å². The second-order valence-electron chi connectivity index (χ2n) is 7.49. The monoisotopic (exact) mass is 444 g/mol. The van der Waals surface area contributed by atoms with Gasteiger partial charge < -0.3 is 15.0 Å². The standard InChI is InChI=1S/C21H24N4O5S/c26-20-13-17(21(27)23-14-16-5-7-22-8-6-16)15-25(20)18-1-3-19(4-2-18)31(28,29)24-9-11-30-12-10-24/h1-8,17H,9-15H2,(H,23,27)/t17-/m0/s1. The second-order valence-corrected chi connectivity index (χ2v) is 9.43. The molecule has 0 radical (unpaired) electrons. The van der Waals surface area contributed by atoms with Crippen LogP contribution in [0.25, 0.3) is 0 Å². The molecule has 2 saturated heterocycles. The van der Waals surface area contributed by atoms with E-state index in [9.17, 15) is 18.0 Å². The molecule has 0 aliphatic carbocycles. The van der Waals surface area contributed by atoms with Crippen LogP contribution in [-0.4, -0.2) is 62.4 Å². The molecule has 2 fully saturated rings. The van der Waals surface area contributed by atoms with Crippen LogP contribution in [0.2, 0.25) is 0 Å². The number of carbonyl (C=O) groups excluding carboxylic acids is 2. The van der Waals surface area contributed by atoms with E-state index in [1.807, 2.05) is 12.1 Å². The molecule has 10 heteroatoms. The number of ether oxygens (including phenoxy) is 1. The van der Waals surface area contributed by atoms with E-state index in [1.165, 1.54) is 21.3 Å². The molecule has 3 heterocycles. The zero-order valence-corrected chi connectivity index (χ0v) is 17.8. The molecule has 0 unspecified atom stereocenters. The number of rotatable bonds is 6. The number of nitrogens with zero attached hydrogens (tertiary/aromatic N) is 3. The summed E-state index contributed by atoms with van der Waals surface area (Å²) in [4.78, 5) is 30.6. The molecule has 4 rings (SSSR count). The van der Waals surface area contributed by atoms with Gasteiger partial charge in [0, 0.05) is 50.7 Å². The minimum absolute atomic E-state index is 0.121. The highest BCUT2D eigenvalue weighted by molar-refractivity contribution is 7.89. The molecule has 9 nitrogen and oxygen atoms in total. The average molecular weight is 445 g/mol. The van der Waals surface area contributed by atoms with Gasteiger partial charge in [-0.15, -0.1) is 0 Å². The highest BCUT2D eigenvalue weighted by Gasteiger charge is 2.35. The highest BCUT2D eigenvalue weighted by atomic mass is 32.2. The van der Waals surface area contributed by atoms with Crippen molar-refractivity contribution in [1.82, 2.24) is 14.6 Å². The first-order valence-electron chi connectivity index (χ1n) is 10.1. The van der Waals surface area contributed by atoms with Crippen LogP contribution in [-0.2, 0) is 30.9 Å². The Morgan fingerprint density at radius 1 is 1.10 bits per heavy atom. The lowest BCUT2D eigenvalue weighted by atomic mass is 10.1. The molecule has 0 bridgehead atoms. The van der Waals surface area contributed by atoms with Crippen molar-refractivity contribution in [3.05, 3.63) is 54.4 Å². The number of amides is 2. The fourth-order valence-electron chi connectivity index (χ4n) is 3.70. The fourth-order valence-corrected chi connectivity index (χ4v) is 5.11. The van der Waals surface area contributed by atoms with Crippen molar-refractivity contribution in [3.8, 4) is 0 Å². The maximum Gasteiger partial charge on any atom is 0.243 e. The van der Waals surface area contributed by atoms with Gasteiger partial charge in [-0.2, -0.15) is 4.31 Å². The quantitative estimate of drug-likeness (QED) is 0.705. The van der Waals surface area contributed by atoms with E-state index >= 15 is 0 Å². The Morgan fingerprint density at radius 3 is 2.45 bits per heavy atom. The van der Waals surface area contributed by atoms with Crippen LogP contribution in [0, 0.1) is 5.92 Å². The first-order chi connectivity index (χ1) is 14.9. The van der Waals surface area contributed by atoms with Crippen LogP contribution < -0.4 is 10.2 Å². The van der Waals surface area contributed by atoms with E-state index in [0.29, 0.717) is 38.5 Å². The Balaban J connectivity index is 1.39. The lowest BCUT2D eigenvalue weighted by Crippen LogP contribution is -2.40. The van der Waals surface area contributed by atoms with Crippen LogP contribution in [0.4, 0.5) is 5.69 Å². The topological polar surface area (TPSA) is 109 Å². The largest absolute Gasteiger partial charge is 0.379 e. The Bertz CT molecular complexity index is 1040. The van der Waals surface area contributed by atoms with Gasteiger partial charge in [-0.05, 0) is 42.0 Å². The van der Waals surface area contributed by atoms with Gasteiger partial charge in [0.1, 0.15) is 0 Å². The molecule has 0 saturated carbocycles. The zero-order valence-electron chi connectivity index (χ0n) is 16.9. The van der Waals surface area contributed by atoms with Crippen LogP contribution in [0.15, 0.2) is 53.7 Å². The summed E-state index contributed by atoms with van der Waals surface area (Å²) in [6.45, 7) is 2.04. The second kappa shape index (κ2) is 9.13. The van der Waals surface area contributed by atoms with Gasteiger partial charge in [0.25, 0.3) is 0 Å². The summed E-state index contributed by atoms with van der Waals surface area (Å²) in [6, 6.07) is 9.87. The number of anilines is 1. The van der Waals surface area contributed by atoms with E-state index in [4.69, 9.17) is 4.74 Å². The number of carbonyl (C=O) groups is 2. The van der Waals surface area contributed by atoms with Crippen molar-refractivity contribution in [3.63, 3.8) is 0 Å². The van der Waals surface area contributed by atoms with Gasteiger partial charge >= 0.3 is 0 Å². The number of morpholine rings is 1. The third-order valence-corrected chi connectivity index (χ3v) is 7.38. The molecular formula is C21H24N4O5S. The molecule has 2 aliphatic rings. The summed E-state index contributed by atoms with van der Waals surface area (Å²) >= 11 is 0. The van der Waals surface area contributed by atoms with Gasteiger partial charge in [-0.1, -0.05) is 0 Å². The lowest BCUT2D eigenvalue weighted by molar-refractivity contribution is -0.126. The van der Waals surface area contributed by atoms with E-state index in [0.717, 1.165) is 5.56 Å². The predicted molar refractivity (Wildman–Crippen MR) is 113 cm³/mol. The molecule has 1 atom stereocenters. The third-order valence-electron chi connectivity index (χ3n) is 5.47. The summed E-state index contributed by atoms with van der Waals surface area (Å²) < 4.78 is 32.1. The molecular weight excluding hydrogens is 420 g/mol. The number of pyridine rings is 1. The molecule has 164 valence electrons. The van der Waals surface area contributed by atoms with Gasteiger partial charge in [0.2, 0.25) is 21.8 Å². The fraction of sp³-hybridized carbons (Fsp3) is 0.381. The molecule has 2 aliphatic heterocycles. The van der Waals surface area contributed by atoms with Gasteiger partial charge in [-0.25, -0.2) is 8.42 Å². The lowest BCUT2D eigenvalue weighted by Gasteiger charge is -2.26. The first kappa shape index (κ1) is 21.4. The number of hydrogen-bond donors (Lipinski definition) is 1. The molecule has 1 N–H and O–H groups in total. The predicted octanol–water partition coefficient (Wildman–Crippen LogP) is 0.772. The van der Waals surface area contributed by atoms with Gasteiger partial charge in [-0.3, -0.25) is 14.6 Å². The van der Waals surface area contributed by atoms with E-state index in [1.54, 1.807) is 24.5 Å². The maximum absolute atomic E-state index is 12.7. The number of hydrogen-bond acceptors (Lipinski definition) is 6. The van der Waals surface area contributed by atoms with Gasteiger partial charge in [0.05, 0.1) is 24.0 Å². The molecule has 2 amide bonds. The highest BCUT2D eigenvalue weighted by Crippen LogP contribution is 2.27. The summed E-state index contributed by atoms with van der Waals surface area (Å²) in [6.07, 6.45) is 3.44. The number of sulfonamides is 1. The first-order valence-corrected chi connectivity index (χ1v) is 11.5. The molecule has 31 heavy (non-hydrogen) atoms. The Morgan fingerprint density at radius 2 is 1.77 bits per heavy atom. The van der Waals surface area contributed by atoms with Crippen LogP contribution >= 0.6 is 0 Å². The normalized spacial score (nSPS) is 20.1.